The average molecular weight is 284 g/mol. The molecular formula is C17H24N4. The summed E-state index contributed by atoms with van der Waals surface area (Å²) in [5.41, 5.74) is 3.69. The Kier molecular flexibility index (Phi) is 4.12. The molecule has 2 aliphatic rings. The number of nitrogens with zero attached hydrogens (tertiary/aromatic N) is 3. The van der Waals surface area contributed by atoms with Gasteiger partial charge in [-0.2, -0.15) is 5.26 Å². The van der Waals surface area contributed by atoms with Gasteiger partial charge in [0.15, 0.2) is 0 Å². The van der Waals surface area contributed by atoms with E-state index in [0.29, 0.717) is 6.04 Å². The van der Waals surface area contributed by atoms with Crippen LogP contribution in [0.25, 0.3) is 0 Å². The summed E-state index contributed by atoms with van der Waals surface area (Å²) >= 11 is 0. The lowest BCUT2D eigenvalue weighted by atomic mass is 10.1. The Morgan fingerprint density at radius 2 is 2.14 bits per heavy atom. The lowest BCUT2D eigenvalue weighted by molar-refractivity contribution is 0.570. The van der Waals surface area contributed by atoms with Gasteiger partial charge >= 0.3 is 0 Å². The molecule has 3 rings (SSSR count). The van der Waals surface area contributed by atoms with Crippen LogP contribution in [0.1, 0.15) is 42.6 Å². The van der Waals surface area contributed by atoms with E-state index in [-0.39, 0.29) is 0 Å². The zero-order chi connectivity index (χ0) is 14.8. The molecular weight excluding hydrogens is 260 g/mol. The molecule has 1 N–H and O–H groups in total. The second kappa shape index (κ2) is 6.03. The molecule has 1 saturated carbocycles. The summed E-state index contributed by atoms with van der Waals surface area (Å²) in [5, 5.41) is 13.1. The van der Waals surface area contributed by atoms with Crippen LogP contribution in [0.15, 0.2) is 6.07 Å². The van der Waals surface area contributed by atoms with Crippen LogP contribution in [0.4, 0.5) is 5.69 Å². The van der Waals surface area contributed by atoms with Gasteiger partial charge in [0.2, 0.25) is 0 Å². The first-order chi connectivity index (χ1) is 10.2. The number of aryl methyl sites for hydroxylation is 2. The molecule has 1 atom stereocenters. The summed E-state index contributed by atoms with van der Waals surface area (Å²) in [6, 6.07) is 5.01. The van der Waals surface area contributed by atoms with E-state index in [2.05, 4.69) is 27.3 Å². The topological polar surface area (TPSA) is 52.0 Å². The second-order valence-corrected chi connectivity index (χ2v) is 6.50. The highest BCUT2D eigenvalue weighted by Crippen LogP contribution is 2.33. The van der Waals surface area contributed by atoms with E-state index in [1.807, 2.05) is 13.8 Å². The van der Waals surface area contributed by atoms with Crippen molar-refractivity contribution in [1.29, 1.82) is 5.26 Å². The minimum absolute atomic E-state index is 0.559. The van der Waals surface area contributed by atoms with E-state index in [4.69, 9.17) is 0 Å². The summed E-state index contributed by atoms with van der Waals surface area (Å²) < 4.78 is 0. The maximum absolute atomic E-state index is 9.52. The van der Waals surface area contributed by atoms with Crippen LogP contribution >= 0.6 is 0 Å². The van der Waals surface area contributed by atoms with Gasteiger partial charge in [0, 0.05) is 24.8 Å². The maximum atomic E-state index is 9.52. The van der Waals surface area contributed by atoms with Crippen LogP contribution in [-0.4, -0.2) is 30.7 Å². The molecule has 1 aliphatic carbocycles. The Morgan fingerprint density at radius 3 is 2.76 bits per heavy atom. The molecule has 2 fully saturated rings. The van der Waals surface area contributed by atoms with Gasteiger partial charge in [-0.15, -0.1) is 0 Å². The van der Waals surface area contributed by atoms with Crippen LogP contribution in [0.2, 0.25) is 0 Å². The lowest BCUT2D eigenvalue weighted by Crippen LogP contribution is -2.39. The first kappa shape index (κ1) is 14.3. The Hall–Kier alpha value is -1.60. The van der Waals surface area contributed by atoms with Gasteiger partial charge in [-0.3, -0.25) is 4.98 Å². The largest absolute Gasteiger partial charge is 0.369 e. The van der Waals surface area contributed by atoms with Crippen molar-refractivity contribution in [3.05, 3.63) is 23.0 Å². The van der Waals surface area contributed by atoms with E-state index in [1.54, 1.807) is 0 Å². The average Bonchev–Trinajstić information content (AvgIpc) is 3.11. The third-order valence-electron chi connectivity index (χ3n) is 4.54. The summed E-state index contributed by atoms with van der Waals surface area (Å²) in [7, 11) is 0. The fourth-order valence-corrected chi connectivity index (χ4v) is 3.26. The highest BCUT2D eigenvalue weighted by Gasteiger charge is 2.28. The molecule has 0 amide bonds. The zero-order valence-corrected chi connectivity index (χ0v) is 13.0. The van der Waals surface area contributed by atoms with Crippen molar-refractivity contribution in [3.63, 3.8) is 0 Å². The number of nitriles is 1. The summed E-state index contributed by atoms with van der Waals surface area (Å²) in [4.78, 5) is 6.88. The van der Waals surface area contributed by atoms with Crippen LogP contribution in [0.3, 0.4) is 0 Å². The highest BCUT2D eigenvalue weighted by atomic mass is 15.2. The Morgan fingerprint density at radius 1 is 1.33 bits per heavy atom. The second-order valence-electron chi connectivity index (χ2n) is 6.50. The normalized spacial score (nSPS) is 21.3. The van der Waals surface area contributed by atoms with Crippen molar-refractivity contribution in [1.82, 2.24) is 10.3 Å². The minimum Gasteiger partial charge on any atom is -0.369 e. The number of rotatable bonds is 5. The van der Waals surface area contributed by atoms with Crippen LogP contribution in [0, 0.1) is 31.1 Å². The molecule has 21 heavy (non-hydrogen) atoms. The molecule has 1 aromatic rings. The van der Waals surface area contributed by atoms with Crippen molar-refractivity contribution < 1.29 is 0 Å². The monoisotopic (exact) mass is 284 g/mol. The molecule has 2 heterocycles. The number of nitrogens with one attached hydrogen (secondary N) is 1. The Labute approximate surface area is 127 Å². The predicted molar refractivity (Wildman–Crippen MR) is 84.4 cm³/mol. The number of pyridine rings is 1. The smallest absolute Gasteiger partial charge is 0.103 e. The molecule has 1 aliphatic heterocycles. The molecule has 1 unspecified atom stereocenters. The van der Waals surface area contributed by atoms with E-state index >= 15 is 0 Å². The third kappa shape index (κ3) is 3.36. The van der Waals surface area contributed by atoms with E-state index in [9.17, 15) is 5.26 Å². The first-order valence-corrected chi connectivity index (χ1v) is 8.04. The standard InChI is InChI=1S/C17H24N4/c1-12-8-17(16(9-18)13(2)20-12)21(10-14-5-6-14)11-15-4-3-7-19-15/h8,14-15,19H,3-7,10-11H2,1-2H3. The summed E-state index contributed by atoms with van der Waals surface area (Å²) in [6.45, 7) is 7.17. The van der Waals surface area contributed by atoms with Crippen LogP contribution in [-0.2, 0) is 0 Å². The number of hydrogen-bond donors (Lipinski definition) is 1. The zero-order valence-electron chi connectivity index (χ0n) is 13.0. The third-order valence-corrected chi connectivity index (χ3v) is 4.54. The molecule has 1 aromatic heterocycles. The fraction of sp³-hybridized carbons (Fsp3) is 0.647. The molecule has 112 valence electrons. The molecule has 4 heteroatoms. The van der Waals surface area contributed by atoms with Gasteiger partial charge in [-0.1, -0.05) is 0 Å². The number of hydrogen-bond acceptors (Lipinski definition) is 4. The predicted octanol–water partition coefficient (Wildman–Crippen LogP) is 2.54. The Balaban J connectivity index is 1.88. The molecule has 0 aromatic carbocycles. The molecule has 4 nitrogen and oxygen atoms in total. The summed E-state index contributed by atoms with van der Waals surface area (Å²) in [5.74, 6) is 0.812. The van der Waals surface area contributed by atoms with Gasteiger partial charge in [0.05, 0.1) is 16.9 Å². The van der Waals surface area contributed by atoms with Crippen LogP contribution in [0.5, 0.6) is 0 Å². The maximum Gasteiger partial charge on any atom is 0.103 e. The Bertz CT molecular complexity index is 551. The van der Waals surface area contributed by atoms with Gasteiger partial charge in [-0.25, -0.2) is 0 Å². The first-order valence-electron chi connectivity index (χ1n) is 8.04. The van der Waals surface area contributed by atoms with Gasteiger partial charge in [-0.05, 0) is 58.1 Å². The molecule has 1 saturated heterocycles. The lowest BCUT2D eigenvalue weighted by Gasteiger charge is -2.29. The SMILES string of the molecule is Cc1cc(N(CC2CC2)CC2CCCN2)c(C#N)c(C)n1. The van der Waals surface area contributed by atoms with Crippen molar-refractivity contribution in [2.45, 2.75) is 45.6 Å². The molecule has 0 spiro atoms. The molecule has 0 radical (unpaired) electrons. The van der Waals surface area contributed by atoms with Gasteiger partial charge in [0.1, 0.15) is 6.07 Å². The van der Waals surface area contributed by atoms with Gasteiger partial charge in [0.25, 0.3) is 0 Å². The fourth-order valence-electron chi connectivity index (χ4n) is 3.26. The molecule has 0 bridgehead atoms. The summed E-state index contributed by atoms with van der Waals surface area (Å²) in [6.07, 6.45) is 5.17. The van der Waals surface area contributed by atoms with Gasteiger partial charge < -0.3 is 10.2 Å². The van der Waals surface area contributed by atoms with Crippen LogP contribution < -0.4 is 10.2 Å². The highest BCUT2D eigenvalue weighted by molar-refractivity contribution is 5.62. The van der Waals surface area contributed by atoms with E-state index in [0.717, 1.165) is 48.2 Å². The minimum atomic E-state index is 0.559. The van der Waals surface area contributed by atoms with Crippen molar-refractivity contribution in [3.8, 4) is 6.07 Å². The van der Waals surface area contributed by atoms with E-state index in [1.165, 1.54) is 25.7 Å². The number of anilines is 1. The van der Waals surface area contributed by atoms with Crippen molar-refractivity contribution >= 4 is 5.69 Å². The van der Waals surface area contributed by atoms with Crippen molar-refractivity contribution in [2.75, 3.05) is 24.5 Å². The van der Waals surface area contributed by atoms with E-state index < -0.39 is 0 Å². The van der Waals surface area contributed by atoms with Crippen molar-refractivity contribution in [2.24, 2.45) is 5.92 Å². The number of aromatic nitrogens is 1. The quantitative estimate of drug-likeness (QED) is 0.903.